The molecule has 136 valence electrons. The van der Waals surface area contributed by atoms with Gasteiger partial charge in [0.15, 0.2) is 0 Å². The Kier molecular flexibility index (Phi) is 4.23. The summed E-state index contributed by atoms with van der Waals surface area (Å²) in [6.45, 7) is 0. The Morgan fingerprint density at radius 2 is 1.61 bits per heavy atom. The molecule has 0 fully saturated rings. The number of fused-ring (bicyclic) bond motifs is 3. The first-order valence-electron chi connectivity index (χ1n) is 8.79. The van der Waals surface area contributed by atoms with Gasteiger partial charge >= 0.3 is 0 Å². The minimum Gasteiger partial charge on any atom is -0.337 e. The molecule has 2 nitrogen and oxygen atoms in total. The monoisotopic (exact) mass is 404 g/mol. The van der Waals surface area contributed by atoms with Crippen LogP contribution in [0.1, 0.15) is 0 Å². The Labute approximate surface area is 170 Å². The molecule has 0 bridgehead atoms. The van der Waals surface area contributed by atoms with E-state index in [4.69, 9.17) is 11.6 Å². The molecule has 5 heteroatoms. The zero-order valence-corrected chi connectivity index (χ0v) is 16.2. The van der Waals surface area contributed by atoms with Crippen LogP contribution in [0.4, 0.5) is 15.9 Å². The van der Waals surface area contributed by atoms with E-state index in [9.17, 15) is 4.39 Å². The van der Waals surface area contributed by atoms with E-state index in [1.165, 1.54) is 16.2 Å². The summed E-state index contributed by atoms with van der Waals surface area (Å²) in [5.74, 6) is 0.422. The minimum absolute atomic E-state index is 0.291. The summed E-state index contributed by atoms with van der Waals surface area (Å²) in [4.78, 5) is 4.54. The van der Waals surface area contributed by atoms with E-state index in [1.54, 1.807) is 35.7 Å². The van der Waals surface area contributed by atoms with Crippen molar-refractivity contribution >= 4 is 54.6 Å². The lowest BCUT2D eigenvalue weighted by Crippen LogP contribution is -1.97. The summed E-state index contributed by atoms with van der Waals surface area (Å²) < 4.78 is 16.7. The highest BCUT2D eigenvalue weighted by atomic mass is 35.5. The van der Waals surface area contributed by atoms with Crippen molar-refractivity contribution in [2.45, 2.75) is 0 Å². The number of nitrogens with zero attached hydrogens (tertiary/aromatic N) is 1. The highest BCUT2D eigenvalue weighted by molar-refractivity contribution is 7.26. The van der Waals surface area contributed by atoms with Crippen LogP contribution in [-0.2, 0) is 0 Å². The van der Waals surface area contributed by atoms with E-state index >= 15 is 0 Å². The number of hydrogen-bond acceptors (Lipinski definition) is 3. The van der Waals surface area contributed by atoms with Gasteiger partial charge in [0.2, 0.25) is 0 Å². The fraction of sp³-hybridized carbons (Fsp3) is 0. The van der Waals surface area contributed by atoms with E-state index in [2.05, 4.69) is 22.4 Å². The molecule has 0 aliphatic heterocycles. The third-order valence-corrected chi connectivity index (χ3v) is 6.22. The average molecular weight is 405 g/mol. The summed E-state index contributed by atoms with van der Waals surface area (Å²) in [6, 6.07) is 22.5. The first-order chi connectivity index (χ1) is 13.7. The van der Waals surface area contributed by atoms with Crippen molar-refractivity contribution < 1.29 is 4.39 Å². The lowest BCUT2D eigenvalue weighted by Gasteiger charge is -2.14. The molecule has 1 N–H and O–H groups in total. The predicted octanol–water partition coefficient (Wildman–Crippen LogP) is 7.65. The molecule has 0 atom stereocenters. The average Bonchev–Trinajstić information content (AvgIpc) is 3.10. The Hall–Kier alpha value is -2.95. The standard InChI is InChI=1S/C23H14ClFN2S/c24-18-9-5-8-16(14-6-1-3-10-19(14)25)21(18)27-23-22-17(12-13-26-23)15-7-2-4-11-20(15)28-22/h1-13H,(H,26,27). The first kappa shape index (κ1) is 17.2. The minimum atomic E-state index is -0.291. The largest absolute Gasteiger partial charge is 0.337 e. The maximum absolute atomic E-state index is 14.4. The number of thiophene rings is 1. The second-order valence-corrected chi connectivity index (χ2v) is 7.86. The van der Waals surface area contributed by atoms with Crippen LogP contribution in [0.2, 0.25) is 5.02 Å². The quantitative estimate of drug-likeness (QED) is 0.334. The van der Waals surface area contributed by atoms with Crippen LogP contribution >= 0.6 is 22.9 Å². The number of halogens is 2. The number of rotatable bonds is 3. The van der Waals surface area contributed by atoms with Gasteiger partial charge in [-0.3, -0.25) is 0 Å². The van der Waals surface area contributed by atoms with Crippen LogP contribution in [0.5, 0.6) is 0 Å². The Balaban J connectivity index is 1.70. The van der Waals surface area contributed by atoms with Crippen molar-refractivity contribution in [3.63, 3.8) is 0 Å². The molecule has 5 rings (SSSR count). The number of para-hydroxylation sites is 1. The fourth-order valence-electron chi connectivity index (χ4n) is 3.41. The molecule has 5 aromatic rings. The van der Waals surface area contributed by atoms with E-state index in [0.29, 0.717) is 27.7 Å². The lowest BCUT2D eigenvalue weighted by molar-refractivity contribution is 0.631. The molecule has 0 radical (unpaired) electrons. The number of aromatic nitrogens is 1. The number of nitrogens with one attached hydrogen (secondary N) is 1. The summed E-state index contributed by atoms with van der Waals surface area (Å²) in [6.07, 6.45) is 1.78. The molecular weight excluding hydrogens is 391 g/mol. The highest BCUT2D eigenvalue weighted by Gasteiger charge is 2.15. The summed E-state index contributed by atoms with van der Waals surface area (Å²) >= 11 is 8.18. The van der Waals surface area contributed by atoms with Gasteiger partial charge in [0, 0.05) is 32.8 Å². The molecule has 28 heavy (non-hydrogen) atoms. The molecule has 0 saturated carbocycles. The van der Waals surface area contributed by atoms with Gasteiger partial charge in [-0.1, -0.05) is 60.1 Å². The van der Waals surface area contributed by atoms with Gasteiger partial charge < -0.3 is 5.32 Å². The van der Waals surface area contributed by atoms with Crippen LogP contribution in [0.25, 0.3) is 31.3 Å². The van der Waals surface area contributed by atoms with Gasteiger partial charge in [-0.25, -0.2) is 9.37 Å². The van der Waals surface area contributed by atoms with Crippen LogP contribution in [0.3, 0.4) is 0 Å². The molecule has 0 aliphatic rings. The molecule has 2 heterocycles. The molecule has 0 amide bonds. The zero-order valence-electron chi connectivity index (χ0n) is 14.6. The maximum Gasteiger partial charge on any atom is 0.148 e. The van der Waals surface area contributed by atoms with Crippen LogP contribution in [0, 0.1) is 5.82 Å². The van der Waals surface area contributed by atoms with Crippen molar-refractivity contribution in [2.75, 3.05) is 5.32 Å². The van der Waals surface area contributed by atoms with E-state index in [-0.39, 0.29) is 5.82 Å². The third kappa shape index (κ3) is 2.82. The van der Waals surface area contributed by atoms with E-state index in [1.807, 2.05) is 36.4 Å². The molecule has 2 aromatic heterocycles. The zero-order chi connectivity index (χ0) is 19.1. The highest BCUT2D eigenvalue weighted by Crippen LogP contribution is 2.41. The Morgan fingerprint density at radius 3 is 2.50 bits per heavy atom. The Bertz CT molecular complexity index is 1330. The van der Waals surface area contributed by atoms with Gasteiger partial charge in [-0.2, -0.15) is 0 Å². The maximum atomic E-state index is 14.4. The van der Waals surface area contributed by atoms with Crippen molar-refractivity contribution in [3.05, 3.63) is 89.8 Å². The van der Waals surface area contributed by atoms with Crippen molar-refractivity contribution in [1.82, 2.24) is 4.98 Å². The van der Waals surface area contributed by atoms with Gasteiger partial charge in [0.1, 0.15) is 11.6 Å². The first-order valence-corrected chi connectivity index (χ1v) is 9.98. The Morgan fingerprint density at radius 1 is 0.821 bits per heavy atom. The predicted molar refractivity (Wildman–Crippen MR) is 117 cm³/mol. The summed E-state index contributed by atoms with van der Waals surface area (Å²) in [5, 5.41) is 6.22. The van der Waals surface area contributed by atoms with Gasteiger partial charge in [-0.15, -0.1) is 11.3 Å². The van der Waals surface area contributed by atoms with Crippen LogP contribution in [0.15, 0.2) is 79.0 Å². The lowest BCUT2D eigenvalue weighted by atomic mass is 10.0. The number of anilines is 2. The van der Waals surface area contributed by atoms with Crippen LogP contribution < -0.4 is 5.32 Å². The van der Waals surface area contributed by atoms with Crippen LogP contribution in [-0.4, -0.2) is 4.98 Å². The van der Waals surface area contributed by atoms with E-state index < -0.39 is 0 Å². The van der Waals surface area contributed by atoms with Gasteiger partial charge in [0.25, 0.3) is 0 Å². The third-order valence-electron chi connectivity index (χ3n) is 4.71. The SMILES string of the molecule is Fc1ccccc1-c1cccc(Cl)c1Nc1nccc2c1sc1ccccc12. The molecule has 0 aliphatic carbocycles. The molecule has 0 unspecified atom stereocenters. The second-order valence-electron chi connectivity index (χ2n) is 6.40. The summed E-state index contributed by atoms with van der Waals surface area (Å²) in [7, 11) is 0. The summed E-state index contributed by atoms with van der Waals surface area (Å²) in [5.41, 5.74) is 1.84. The number of pyridine rings is 1. The van der Waals surface area contributed by atoms with Crippen molar-refractivity contribution in [3.8, 4) is 11.1 Å². The second kappa shape index (κ2) is 6.89. The van der Waals surface area contributed by atoms with Gasteiger partial charge in [0.05, 0.1) is 15.4 Å². The number of hydrogen-bond donors (Lipinski definition) is 1. The number of benzene rings is 3. The molecular formula is C23H14ClFN2S. The normalized spacial score (nSPS) is 11.2. The topological polar surface area (TPSA) is 24.9 Å². The smallest absolute Gasteiger partial charge is 0.148 e. The van der Waals surface area contributed by atoms with E-state index in [0.717, 1.165) is 10.1 Å². The molecule has 0 saturated heterocycles. The van der Waals surface area contributed by atoms with Crippen molar-refractivity contribution in [1.29, 1.82) is 0 Å². The fourth-order valence-corrected chi connectivity index (χ4v) is 4.78. The molecule has 3 aromatic carbocycles. The molecule has 0 spiro atoms. The van der Waals surface area contributed by atoms with Gasteiger partial charge in [-0.05, 0) is 24.3 Å². The van der Waals surface area contributed by atoms with Crippen molar-refractivity contribution in [2.24, 2.45) is 0 Å².